The molecule has 0 radical (unpaired) electrons. The minimum absolute atomic E-state index is 0.377. The lowest BCUT2D eigenvalue weighted by molar-refractivity contribution is 0.410. The van der Waals surface area contributed by atoms with E-state index in [1.807, 2.05) is 36.4 Å². The Morgan fingerprint density at radius 3 is 2.21 bits per heavy atom. The van der Waals surface area contributed by atoms with Crippen molar-refractivity contribution in [3.8, 4) is 5.75 Å². The highest BCUT2D eigenvalue weighted by molar-refractivity contribution is 9.10. The maximum absolute atomic E-state index is 6.56. The van der Waals surface area contributed by atoms with E-state index in [-0.39, 0.29) is 5.38 Å². The standard InChI is InChI=1S/C14H10Br2Cl2O/c1-19-13-5-3-9(16)7-11(13)14(18)10-6-8(15)2-4-12(10)17/h2-7,14H,1H3. The quantitative estimate of drug-likeness (QED) is 0.533. The van der Waals surface area contributed by atoms with Gasteiger partial charge in [-0.05, 0) is 42.0 Å². The van der Waals surface area contributed by atoms with E-state index in [4.69, 9.17) is 27.9 Å². The second-order valence-corrected chi connectivity index (χ2v) is 6.59. The number of hydrogen-bond acceptors (Lipinski definition) is 1. The number of methoxy groups -OCH3 is 1. The number of rotatable bonds is 3. The summed E-state index contributed by atoms with van der Waals surface area (Å²) < 4.78 is 7.23. The molecule has 0 saturated heterocycles. The molecule has 0 heterocycles. The average Bonchev–Trinajstić information content (AvgIpc) is 2.40. The molecular formula is C14H10Br2Cl2O. The van der Waals surface area contributed by atoms with Crippen LogP contribution in [0.4, 0.5) is 0 Å². The van der Waals surface area contributed by atoms with Gasteiger partial charge in [0.1, 0.15) is 5.75 Å². The molecule has 0 bridgehead atoms. The number of benzene rings is 2. The second kappa shape index (κ2) is 6.49. The van der Waals surface area contributed by atoms with E-state index in [1.54, 1.807) is 7.11 Å². The molecule has 0 spiro atoms. The second-order valence-electron chi connectivity index (χ2n) is 3.91. The van der Waals surface area contributed by atoms with E-state index < -0.39 is 0 Å². The average molecular weight is 425 g/mol. The van der Waals surface area contributed by atoms with Crippen molar-refractivity contribution < 1.29 is 4.74 Å². The highest BCUT2D eigenvalue weighted by atomic mass is 79.9. The summed E-state index contributed by atoms with van der Waals surface area (Å²) in [5.41, 5.74) is 1.72. The van der Waals surface area contributed by atoms with Gasteiger partial charge in [0, 0.05) is 19.5 Å². The van der Waals surface area contributed by atoms with E-state index in [2.05, 4.69) is 31.9 Å². The fraction of sp³-hybridized carbons (Fsp3) is 0.143. The topological polar surface area (TPSA) is 9.23 Å². The summed E-state index contributed by atoms with van der Waals surface area (Å²) in [6.07, 6.45) is 0. The Hall–Kier alpha value is -0.220. The molecule has 0 amide bonds. The first kappa shape index (κ1) is 15.2. The molecule has 0 saturated carbocycles. The van der Waals surface area contributed by atoms with Gasteiger partial charge >= 0.3 is 0 Å². The van der Waals surface area contributed by atoms with Crippen LogP contribution in [0.3, 0.4) is 0 Å². The van der Waals surface area contributed by atoms with Crippen LogP contribution >= 0.6 is 55.1 Å². The molecule has 1 atom stereocenters. The summed E-state index contributed by atoms with van der Waals surface area (Å²) in [5.74, 6) is 0.735. The fourth-order valence-electron chi connectivity index (χ4n) is 1.78. The first-order valence-electron chi connectivity index (χ1n) is 5.45. The lowest BCUT2D eigenvalue weighted by atomic mass is 10.0. The third kappa shape index (κ3) is 3.46. The van der Waals surface area contributed by atoms with Crippen LogP contribution in [0.25, 0.3) is 0 Å². The van der Waals surface area contributed by atoms with Gasteiger partial charge in [-0.2, -0.15) is 0 Å². The molecule has 0 aliphatic heterocycles. The molecule has 1 nitrogen and oxygen atoms in total. The summed E-state index contributed by atoms with van der Waals surface area (Å²) in [5, 5.41) is 0.252. The molecule has 2 aromatic rings. The van der Waals surface area contributed by atoms with Gasteiger partial charge in [-0.15, -0.1) is 11.6 Å². The summed E-state index contributed by atoms with van der Waals surface area (Å²) in [7, 11) is 1.62. The van der Waals surface area contributed by atoms with Crippen LogP contribution in [0.15, 0.2) is 45.3 Å². The van der Waals surface area contributed by atoms with Gasteiger partial charge in [0.15, 0.2) is 0 Å². The van der Waals surface area contributed by atoms with Gasteiger partial charge in [0.25, 0.3) is 0 Å². The van der Waals surface area contributed by atoms with E-state index >= 15 is 0 Å². The van der Waals surface area contributed by atoms with Gasteiger partial charge in [-0.3, -0.25) is 0 Å². The number of ether oxygens (including phenoxy) is 1. The molecule has 0 N–H and O–H groups in total. The first-order valence-corrected chi connectivity index (χ1v) is 7.85. The molecule has 0 aliphatic rings. The summed E-state index contributed by atoms with van der Waals surface area (Å²) in [6, 6.07) is 11.3. The molecular weight excluding hydrogens is 415 g/mol. The monoisotopic (exact) mass is 422 g/mol. The number of hydrogen-bond donors (Lipinski definition) is 0. The van der Waals surface area contributed by atoms with Gasteiger partial charge in [0.05, 0.1) is 12.5 Å². The Labute approximate surface area is 139 Å². The summed E-state index contributed by atoms with van der Waals surface area (Å²) in [4.78, 5) is 0. The van der Waals surface area contributed by atoms with Gasteiger partial charge in [0.2, 0.25) is 0 Å². The van der Waals surface area contributed by atoms with E-state index in [1.165, 1.54) is 0 Å². The predicted octanol–water partition coefficient (Wildman–Crippen LogP) is 6.20. The van der Waals surface area contributed by atoms with Crippen LogP contribution in [0.2, 0.25) is 5.02 Å². The Kier molecular flexibility index (Phi) is 5.18. The summed E-state index contributed by atoms with van der Waals surface area (Å²) >= 11 is 19.6. The van der Waals surface area contributed by atoms with Crippen molar-refractivity contribution in [2.45, 2.75) is 5.38 Å². The normalized spacial score (nSPS) is 12.3. The Morgan fingerprint density at radius 2 is 1.58 bits per heavy atom. The number of alkyl halides is 1. The molecule has 0 aromatic heterocycles. The molecule has 2 rings (SSSR count). The third-order valence-corrected chi connectivity index (χ3v) is 4.50. The van der Waals surface area contributed by atoms with Crippen molar-refractivity contribution in [2.75, 3.05) is 7.11 Å². The lowest BCUT2D eigenvalue weighted by Gasteiger charge is -2.16. The van der Waals surface area contributed by atoms with Gasteiger partial charge < -0.3 is 4.74 Å². The molecule has 100 valence electrons. The fourth-order valence-corrected chi connectivity index (χ4v) is 3.17. The van der Waals surface area contributed by atoms with Crippen molar-refractivity contribution in [1.29, 1.82) is 0 Å². The minimum Gasteiger partial charge on any atom is -0.496 e. The molecule has 19 heavy (non-hydrogen) atoms. The Morgan fingerprint density at radius 1 is 1.00 bits per heavy atom. The van der Waals surface area contributed by atoms with Crippen molar-refractivity contribution >= 4 is 55.1 Å². The largest absolute Gasteiger partial charge is 0.496 e. The smallest absolute Gasteiger partial charge is 0.123 e. The van der Waals surface area contributed by atoms with E-state index in [0.717, 1.165) is 25.8 Å². The SMILES string of the molecule is COc1ccc(Br)cc1C(Cl)c1cc(Br)ccc1Cl. The lowest BCUT2D eigenvalue weighted by Crippen LogP contribution is -1.98. The highest BCUT2D eigenvalue weighted by Gasteiger charge is 2.19. The molecule has 5 heteroatoms. The van der Waals surface area contributed by atoms with Gasteiger partial charge in [-0.25, -0.2) is 0 Å². The van der Waals surface area contributed by atoms with Crippen molar-refractivity contribution in [2.24, 2.45) is 0 Å². The Bertz CT molecular complexity index is 602. The zero-order valence-electron chi connectivity index (χ0n) is 9.96. The maximum atomic E-state index is 6.56. The summed E-state index contributed by atoms with van der Waals surface area (Å²) in [6.45, 7) is 0. The van der Waals surface area contributed by atoms with E-state index in [9.17, 15) is 0 Å². The van der Waals surface area contributed by atoms with Crippen LogP contribution in [0, 0.1) is 0 Å². The van der Waals surface area contributed by atoms with Crippen LogP contribution in [-0.4, -0.2) is 7.11 Å². The zero-order valence-corrected chi connectivity index (χ0v) is 14.6. The van der Waals surface area contributed by atoms with Gasteiger partial charge in [-0.1, -0.05) is 43.5 Å². The van der Waals surface area contributed by atoms with Crippen LogP contribution in [0.5, 0.6) is 5.75 Å². The molecule has 2 aromatic carbocycles. The molecule has 0 fully saturated rings. The third-order valence-electron chi connectivity index (χ3n) is 2.70. The predicted molar refractivity (Wildman–Crippen MR) is 87.5 cm³/mol. The number of halogens is 4. The Balaban J connectivity index is 2.51. The van der Waals surface area contributed by atoms with Crippen molar-refractivity contribution in [3.05, 3.63) is 61.5 Å². The van der Waals surface area contributed by atoms with Crippen molar-refractivity contribution in [3.63, 3.8) is 0 Å². The van der Waals surface area contributed by atoms with Crippen LogP contribution in [0.1, 0.15) is 16.5 Å². The zero-order chi connectivity index (χ0) is 14.0. The molecule has 1 unspecified atom stereocenters. The first-order chi connectivity index (χ1) is 9.02. The van der Waals surface area contributed by atoms with Crippen LogP contribution < -0.4 is 4.74 Å². The van der Waals surface area contributed by atoms with Crippen LogP contribution in [-0.2, 0) is 0 Å². The highest BCUT2D eigenvalue weighted by Crippen LogP contribution is 2.40. The van der Waals surface area contributed by atoms with E-state index in [0.29, 0.717) is 5.02 Å². The minimum atomic E-state index is -0.377. The molecule has 0 aliphatic carbocycles. The van der Waals surface area contributed by atoms with Crippen molar-refractivity contribution in [1.82, 2.24) is 0 Å². The maximum Gasteiger partial charge on any atom is 0.123 e.